The van der Waals surface area contributed by atoms with Crippen LogP contribution >= 0.6 is 0 Å². The van der Waals surface area contributed by atoms with Gasteiger partial charge in [0.1, 0.15) is 12.2 Å². The van der Waals surface area contributed by atoms with Gasteiger partial charge in [0.05, 0.1) is 23.4 Å². The number of aliphatic hydroxyl groups excluding tert-OH is 1. The summed E-state index contributed by atoms with van der Waals surface area (Å²) in [4.78, 5) is 17.3. The van der Waals surface area contributed by atoms with Crippen molar-refractivity contribution in [1.82, 2.24) is 10.3 Å². The van der Waals surface area contributed by atoms with E-state index in [2.05, 4.69) is 10.3 Å². The van der Waals surface area contributed by atoms with Gasteiger partial charge in [0.2, 0.25) is 0 Å². The molecule has 2 aromatic carbocycles. The zero-order valence-electron chi connectivity index (χ0n) is 16.7. The summed E-state index contributed by atoms with van der Waals surface area (Å²) >= 11 is 0. The van der Waals surface area contributed by atoms with Gasteiger partial charge in [0, 0.05) is 29.6 Å². The highest BCUT2D eigenvalue weighted by Gasteiger charge is 2.36. The van der Waals surface area contributed by atoms with E-state index in [-0.39, 0.29) is 29.6 Å². The summed E-state index contributed by atoms with van der Waals surface area (Å²) in [6.45, 7) is 2.95. The van der Waals surface area contributed by atoms with Crippen LogP contribution in [0.2, 0.25) is 0 Å². The van der Waals surface area contributed by atoms with Crippen molar-refractivity contribution in [2.24, 2.45) is 0 Å². The van der Waals surface area contributed by atoms with Crippen molar-refractivity contribution in [3.05, 3.63) is 65.2 Å². The Kier molecular flexibility index (Phi) is 5.79. The Morgan fingerprint density at radius 1 is 1.23 bits per heavy atom. The topological polar surface area (TPSA) is 71.5 Å². The van der Waals surface area contributed by atoms with Crippen LogP contribution in [-0.4, -0.2) is 41.7 Å². The molecule has 162 valence electrons. The number of halogens is 3. The van der Waals surface area contributed by atoms with E-state index in [0.29, 0.717) is 17.8 Å². The first-order chi connectivity index (χ1) is 14.8. The number of fused-ring (bicyclic) bond motifs is 1. The van der Waals surface area contributed by atoms with Gasteiger partial charge in [-0.1, -0.05) is 35.9 Å². The van der Waals surface area contributed by atoms with Crippen LogP contribution in [-0.2, 0) is 15.7 Å². The van der Waals surface area contributed by atoms with Crippen molar-refractivity contribution in [2.75, 3.05) is 19.7 Å². The maximum atomic E-state index is 13.8. The number of aryl methyl sites for hydroxylation is 1. The molecule has 1 saturated heterocycles. The van der Waals surface area contributed by atoms with E-state index in [1.54, 1.807) is 12.1 Å². The van der Waals surface area contributed by atoms with Crippen LogP contribution in [0, 0.1) is 6.92 Å². The minimum absolute atomic E-state index is 0.0532. The van der Waals surface area contributed by atoms with Crippen LogP contribution in [0.1, 0.15) is 22.8 Å². The lowest BCUT2D eigenvalue weighted by Gasteiger charge is -2.25. The molecule has 0 aliphatic carbocycles. The molecule has 0 amide bonds. The molecule has 2 atom stereocenters. The number of hydrogen-bond acceptors (Lipinski definition) is 5. The van der Waals surface area contributed by atoms with Crippen molar-refractivity contribution >= 4 is 16.7 Å². The number of ether oxygens (including phenoxy) is 1. The first-order valence-electron chi connectivity index (χ1n) is 9.87. The van der Waals surface area contributed by atoms with Gasteiger partial charge in [-0.15, -0.1) is 0 Å². The Balaban J connectivity index is 1.90. The van der Waals surface area contributed by atoms with Crippen LogP contribution in [0.15, 0.2) is 48.5 Å². The number of nitrogens with zero attached hydrogens (tertiary/aromatic N) is 1. The number of benzene rings is 2. The summed E-state index contributed by atoms with van der Waals surface area (Å²) < 4.78 is 46.7. The molecule has 0 radical (unpaired) electrons. The number of pyridine rings is 1. The second kappa shape index (κ2) is 8.37. The fraction of sp³-hybridized carbons (Fsp3) is 0.304. The standard InChI is InChI=1S/C23H21F3N2O3/c1-13-5-7-14(8-6-13)18-11-15(21(29)22(30)19-12-27-9-10-31-19)20-16(23(24,25)26)3-2-4-17(20)28-18/h2-8,11,19,21,27,29H,9-10,12H2,1H3. The van der Waals surface area contributed by atoms with Gasteiger partial charge in [-0.3, -0.25) is 4.79 Å². The molecular formula is C23H21F3N2O3. The third-order valence-corrected chi connectivity index (χ3v) is 5.33. The van der Waals surface area contributed by atoms with E-state index in [1.807, 2.05) is 19.1 Å². The maximum absolute atomic E-state index is 13.8. The lowest BCUT2D eigenvalue weighted by atomic mass is 9.93. The highest BCUT2D eigenvalue weighted by atomic mass is 19.4. The Bertz CT molecular complexity index is 1110. The molecule has 1 aliphatic rings. The molecule has 8 heteroatoms. The summed E-state index contributed by atoms with van der Waals surface area (Å²) in [5, 5.41) is 13.6. The molecule has 1 fully saturated rings. The molecule has 0 bridgehead atoms. The molecule has 0 spiro atoms. The van der Waals surface area contributed by atoms with Gasteiger partial charge >= 0.3 is 6.18 Å². The molecule has 3 aromatic rings. The lowest BCUT2D eigenvalue weighted by molar-refractivity contribution is -0.141. The Morgan fingerprint density at radius 2 is 1.97 bits per heavy atom. The molecule has 2 heterocycles. The number of hydrogen-bond donors (Lipinski definition) is 2. The third-order valence-electron chi connectivity index (χ3n) is 5.33. The third kappa shape index (κ3) is 4.32. The Hall–Kier alpha value is -2.81. The van der Waals surface area contributed by atoms with Crippen LogP contribution in [0.5, 0.6) is 0 Å². The number of carbonyl (C=O) groups is 1. The first kappa shape index (κ1) is 21.4. The average Bonchev–Trinajstić information content (AvgIpc) is 2.77. The summed E-state index contributed by atoms with van der Waals surface area (Å²) in [6, 6.07) is 12.3. The fourth-order valence-corrected chi connectivity index (χ4v) is 3.72. The van der Waals surface area contributed by atoms with Crippen molar-refractivity contribution in [3.8, 4) is 11.3 Å². The summed E-state index contributed by atoms with van der Waals surface area (Å²) in [7, 11) is 0. The lowest BCUT2D eigenvalue weighted by Crippen LogP contribution is -2.44. The number of aliphatic hydroxyl groups is 1. The molecule has 0 saturated carbocycles. The van der Waals surface area contributed by atoms with E-state index < -0.39 is 29.7 Å². The molecular weight excluding hydrogens is 409 g/mol. The maximum Gasteiger partial charge on any atom is 0.417 e. The first-order valence-corrected chi connectivity index (χ1v) is 9.87. The summed E-state index contributed by atoms with van der Waals surface area (Å²) in [5.41, 5.74) is 1.03. The largest absolute Gasteiger partial charge is 0.417 e. The van der Waals surface area contributed by atoms with E-state index in [1.165, 1.54) is 18.2 Å². The highest BCUT2D eigenvalue weighted by Crippen LogP contribution is 2.39. The van der Waals surface area contributed by atoms with Crippen LogP contribution in [0.25, 0.3) is 22.2 Å². The Labute approximate surface area is 176 Å². The smallest absolute Gasteiger partial charge is 0.380 e. The fourth-order valence-electron chi connectivity index (χ4n) is 3.72. The normalized spacial score (nSPS) is 18.2. The van der Waals surface area contributed by atoms with Gasteiger partial charge in [-0.2, -0.15) is 13.2 Å². The van der Waals surface area contributed by atoms with Crippen molar-refractivity contribution < 1.29 is 27.8 Å². The van der Waals surface area contributed by atoms with Crippen molar-refractivity contribution in [2.45, 2.75) is 25.3 Å². The molecule has 1 aromatic heterocycles. The van der Waals surface area contributed by atoms with Crippen molar-refractivity contribution in [3.63, 3.8) is 0 Å². The number of carbonyl (C=O) groups excluding carboxylic acids is 1. The predicted molar refractivity (Wildman–Crippen MR) is 109 cm³/mol. The van der Waals surface area contributed by atoms with Gasteiger partial charge in [0.25, 0.3) is 0 Å². The number of morpholine rings is 1. The van der Waals surface area contributed by atoms with E-state index in [4.69, 9.17) is 4.74 Å². The molecule has 1 aliphatic heterocycles. The SMILES string of the molecule is Cc1ccc(-c2cc(C(O)C(=O)C3CNCCO3)c3c(C(F)(F)F)cccc3n2)cc1. The average molecular weight is 430 g/mol. The molecule has 4 rings (SSSR count). The number of ketones is 1. The highest BCUT2D eigenvalue weighted by molar-refractivity contribution is 5.96. The zero-order valence-corrected chi connectivity index (χ0v) is 16.7. The number of rotatable bonds is 4. The monoisotopic (exact) mass is 430 g/mol. The minimum Gasteiger partial charge on any atom is -0.380 e. The quantitative estimate of drug-likeness (QED) is 0.659. The molecule has 31 heavy (non-hydrogen) atoms. The second-order valence-electron chi connectivity index (χ2n) is 7.53. The van der Waals surface area contributed by atoms with E-state index in [9.17, 15) is 23.1 Å². The number of Topliss-reactive ketones (excluding diaryl/α,β-unsaturated/α-hetero) is 1. The van der Waals surface area contributed by atoms with Gasteiger partial charge < -0.3 is 15.2 Å². The number of aromatic nitrogens is 1. The summed E-state index contributed by atoms with van der Waals surface area (Å²) in [5.74, 6) is -0.688. The predicted octanol–water partition coefficient (Wildman–Crippen LogP) is 3.82. The van der Waals surface area contributed by atoms with Crippen LogP contribution in [0.4, 0.5) is 13.2 Å². The van der Waals surface area contributed by atoms with Gasteiger partial charge in [-0.05, 0) is 25.1 Å². The second-order valence-corrected chi connectivity index (χ2v) is 7.53. The molecule has 2 unspecified atom stereocenters. The van der Waals surface area contributed by atoms with Gasteiger partial charge in [-0.25, -0.2) is 4.98 Å². The van der Waals surface area contributed by atoms with Crippen LogP contribution in [0.3, 0.4) is 0 Å². The van der Waals surface area contributed by atoms with Gasteiger partial charge in [0.15, 0.2) is 5.78 Å². The number of nitrogens with one attached hydrogen (secondary N) is 1. The molecule has 5 nitrogen and oxygen atoms in total. The van der Waals surface area contributed by atoms with E-state index >= 15 is 0 Å². The Morgan fingerprint density at radius 3 is 2.61 bits per heavy atom. The summed E-state index contributed by atoms with van der Waals surface area (Å²) in [6.07, 6.45) is -7.40. The van der Waals surface area contributed by atoms with Crippen LogP contribution < -0.4 is 5.32 Å². The molecule has 2 N–H and O–H groups in total. The van der Waals surface area contributed by atoms with Crippen molar-refractivity contribution in [1.29, 1.82) is 0 Å². The zero-order chi connectivity index (χ0) is 22.2. The van der Waals surface area contributed by atoms with E-state index in [0.717, 1.165) is 11.6 Å². The minimum atomic E-state index is -4.67. The number of alkyl halides is 3.